The molecule has 0 saturated carbocycles. The van der Waals surface area contributed by atoms with Crippen LogP contribution in [0, 0.1) is 0 Å². The van der Waals surface area contributed by atoms with Crippen LogP contribution in [0.3, 0.4) is 0 Å². The highest BCUT2D eigenvalue weighted by Gasteiger charge is 2.19. The average molecular weight is 1000 g/mol. The van der Waals surface area contributed by atoms with E-state index >= 15 is 0 Å². The summed E-state index contributed by atoms with van der Waals surface area (Å²) >= 11 is 0. The standard InChI is InChI=1S/C66H114O6/c1-4-7-10-13-16-19-22-25-27-28-29-30-31-32-33-34-35-36-37-38-40-41-44-47-50-53-56-59-65(68)71-62-63(61-70-64(67)58-55-52-49-46-43-24-21-18-15-12-9-6-3)72-66(69)60-57-54-51-48-45-42-39-26-23-20-17-14-11-8-5-2/h8,11,17-18,20-22,25-26,28-29,39,45,48,63H,4-7,9-10,12-16,19,23-24,27,30-38,40-44,46-47,49-62H2,1-3H3/b11-8-,20-17-,21-18-,25-22-,29-28-,39-26-,48-45-. The Balaban J connectivity index is 4.26. The van der Waals surface area contributed by atoms with E-state index in [1.807, 2.05) is 0 Å². The lowest BCUT2D eigenvalue weighted by molar-refractivity contribution is -0.167. The van der Waals surface area contributed by atoms with Crippen molar-refractivity contribution in [3.8, 4) is 0 Å². The number of rotatable bonds is 55. The van der Waals surface area contributed by atoms with Gasteiger partial charge >= 0.3 is 17.9 Å². The molecule has 0 rings (SSSR count). The van der Waals surface area contributed by atoms with Gasteiger partial charge in [0.25, 0.3) is 0 Å². The largest absolute Gasteiger partial charge is 0.462 e. The topological polar surface area (TPSA) is 78.9 Å². The second-order valence-corrected chi connectivity index (χ2v) is 20.2. The average Bonchev–Trinajstić information content (AvgIpc) is 3.38. The first-order valence-electron chi connectivity index (χ1n) is 30.6. The van der Waals surface area contributed by atoms with Crippen LogP contribution in [0.5, 0.6) is 0 Å². The van der Waals surface area contributed by atoms with E-state index in [4.69, 9.17) is 14.2 Å². The SMILES string of the molecule is CC/C=C\C/C=C\C/C=C\C/C=C\CCCCC(=O)OC(COC(=O)CCCCCCC/C=C\CCCCC)COC(=O)CCCCCCCCCCCCCCCCC/C=C\C/C=C\CCCCCCC. The lowest BCUT2D eigenvalue weighted by Crippen LogP contribution is -2.30. The monoisotopic (exact) mass is 1000 g/mol. The lowest BCUT2D eigenvalue weighted by Gasteiger charge is -2.18. The number of allylic oxidation sites excluding steroid dienone is 14. The molecule has 0 bridgehead atoms. The Morgan fingerprint density at radius 2 is 0.542 bits per heavy atom. The zero-order valence-electron chi connectivity index (χ0n) is 47.4. The summed E-state index contributed by atoms with van der Waals surface area (Å²) in [6.45, 7) is 6.47. The number of hydrogen-bond donors (Lipinski definition) is 0. The van der Waals surface area contributed by atoms with Crippen LogP contribution in [0.1, 0.15) is 297 Å². The van der Waals surface area contributed by atoms with Gasteiger partial charge in [0.2, 0.25) is 0 Å². The van der Waals surface area contributed by atoms with Crippen LogP contribution in [0.4, 0.5) is 0 Å². The van der Waals surface area contributed by atoms with Crippen molar-refractivity contribution in [2.45, 2.75) is 303 Å². The quantitative estimate of drug-likeness (QED) is 0.0261. The first-order chi connectivity index (χ1) is 35.5. The summed E-state index contributed by atoms with van der Waals surface area (Å²) in [5.41, 5.74) is 0. The Bertz CT molecular complexity index is 1380. The Morgan fingerprint density at radius 1 is 0.292 bits per heavy atom. The molecule has 414 valence electrons. The fraction of sp³-hybridized carbons (Fsp3) is 0.742. The molecule has 0 N–H and O–H groups in total. The van der Waals surface area contributed by atoms with Crippen molar-refractivity contribution in [1.29, 1.82) is 0 Å². The zero-order valence-corrected chi connectivity index (χ0v) is 47.4. The molecule has 0 radical (unpaired) electrons. The molecular weight excluding hydrogens is 889 g/mol. The molecule has 6 nitrogen and oxygen atoms in total. The highest BCUT2D eigenvalue weighted by Crippen LogP contribution is 2.16. The predicted octanol–water partition coefficient (Wildman–Crippen LogP) is 20.7. The Morgan fingerprint density at radius 3 is 0.917 bits per heavy atom. The molecule has 0 aliphatic rings. The van der Waals surface area contributed by atoms with Crippen LogP contribution in [-0.2, 0) is 28.6 Å². The van der Waals surface area contributed by atoms with E-state index in [2.05, 4.69) is 106 Å². The van der Waals surface area contributed by atoms with Gasteiger partial charge in [0.15, 0.2) is 6.10 Å². The summed E-state index contributed by atoms with van der Waals surface area (Å²) < 4.78 is 16.8. The maximum absolute atomic E-state index is 12.8. The van der Waals surface area contributed by atoms with E-state index < -0.39 is 6.10 Å². The van der Waals surface area contributed by atoms with Crippen molar-refractivity contribution in [2.75, 3.05) is 13.2 Å². The zero-order chi connectivity index (χ0) is 52.2. The number of unbranched alkanes of at least 4 members (excludes halogenated alkanes) is 30. The van der Waals surface area contributed by atoms with Crippen LogP contribution in [0.15, 0.2) is 85.1 Å². The highest BCUT2D eigenvalue weighted by molar-refractivity contribution is 5.71. The van der Waals surface area contributed by atoms with Gasteiger partial charge in [-0.3, -0.25) is 14.4 Å². The summed E-state index contributed by atoms with van der Waals surface area (Å²) in [5, 5.41) is 0. The van der Waals surface area contributed by atoms with Gasteiger partial charge in [0.1, 0.15) is 13.2 Å². The maximum Gasteiger partial charge on any atom is 0.306 e. The van der Waals surface area contributed by atoms with Crippen molar-refractivity contribution < 1.29 is 28.6 Å². The third kappa shape index (κ3) is 57.5. The third-order valence-corrected chi connectivity index (χ3v) is 13.1. The van der Waals surface area contributed by atoms with E-state index in [-0.39, 0.29) is 37.5 Å². The lowest BCUT2D eigenvalue weighted by atomic mass is 10.0. The number of ether oxygens (including phenoxy) is 3. The van der Waals surface area contributed by atoms with Gasteiger partial charge in [0.05, 0.1) is 0 Å². The normalized spacial score (nSPS) is 12.7. The molecule has 0 heterocycles. The number of carbonyl (C=O) groups is 3. The van der Waals surface area contributed by atoms with E-state index in [1.165, 1.54) is 161 Å². The smallest absolute Gasteiger partial charge is 0.306 e. The van der Waals surface area contributed by atoms with Crippen LogP contribution in [0.2, 0.25) is 0 Å². The minimum absolute atomic E-state index is 0.0947. The van der Waals surface area contributed by atoms with Gasteiger partial charge in [0, 0.05) is 19.3 Å². The maximum atomic E-state index is 12.8. The minimum atomic E-state index is -0.801. The van der Waals surface area contributed by atoms with Crippen molar-refractivity contribution >= 4 is 17.9 Å². The summed E-state index contributed by atoms with van der Waals surface area (Å²) in [6.07, 6.45) is 78.8. The second-order valence-electron chi connectivity index (χ2n) is 20.2. The molecule has 0 aliphatic heterocycles. The van der Waals surface area contributed by atoms with Crippen molar-refractivity contribution in [1.82, 2.24) is 0 Å². The molecule has 1 atom stereocenters. The van der Waals surface area contributed by atoms with Crippen LogP contribution in [-0.4, -0.2) is 37.2 Å². The van der Waals surface area contributed by atoms with Gasteiger partial charge in [-0.25, -0.2) is 0 Å². The minimum Gasteiger partial charge on any atom is -0.462 e. The number of hydrogen-bond acceptors (Lipinski definition) is 6. The predicted molar refractivity (Wildman–Crippen MR) is 311 cm³/mol. The third-order valence-electron chi connectivity index (χ3n) is 13.1. The fourth-order valence-corrected chi connectivity index (χ4v) is 8.52. The van der Waals surface area contributed by atoms with E-state index in [0.29, 0.717) is 19.3 Å². The van der Waals surface area contributed by atoms with Crippen molar-refractivity contribution in [3.63, 3.8) is 0 Å². The molecule has 0 aromatic heterocycles. The van der Waals surface area contributed by atoms with Gasteiger partial charge < -0.3 is 14.2 Å². The van der Waals surface area contributed by atoms with E-state index in [0.717, 1.165) is 89.9 Å². The summed E-state index contributed by atoms with van der Waals surface area (Å²) in [5.74, 6) is -0.939. The molecule has 72 heavy (non-hydrogen) atoms. The van der Waals surface area contributed by atoms with Crippen LogP contribution in [0.25, 0.3) is 0 Å². The molecular formula is C66H114O6. The number of esters is 3. The first kappa shape index (κ1) is 68.6. The second kappa shape index (κ2) is 60.1. The van der Waals surface area contributed by atoms with E-state index in [9.17, 15) is 14.4 Å². The summed E-state index contributed by atoms with van der Waals surface area (Å²) in [4.78, 5) is 38.1. The van der Waals surface area contributed by atoms with Gasteiger partial charge in [-0.15, -0.1) is 0 Å². The van der Waals surface area contributed by atoms with Crippen molar-refractivity contribution in [2.24, 2.45) is 0 Å². The molecule has 0 aliphatic carbocycles. The number of carbonyl (C=O) groups excluding carboxylic acids is 3. The summed E-state index contributed by atoms with van der Waals surface area (Å²) in [6, 6.07) is 0. The Labute approximate surface area is 445 Å². The molecule has 0 fully saturated rings. The van der Waals surface area contributed by atoms with E-state index in [1.54, 1.807) is 0 Å². The first-order valence-corrected chi connectivity index (χ1v) is 30.6. The molecule has 6 heteroatoms. The fourth-order valence-electron chi connectivity index (χ4n) is 8.52. The molecule has 0 aromatic carbocycles. The summed E-state index contributed by atoms with van der Waals surface area (Å²) in [7, 11) is 0. The van der Waals surface area contributed by atoms with Gasteiger partial charge in [-0.1, -0.05) is 247 Å². The van der Waals surface area contributed by atoms with Gasteiger partial charge in [-0.2, -0.15) is 0 Å². The van der Waals surface area contributed by atoms with Crippen LogP contribution >= 0.6 is 0 Å². The molecule has 0 amide bonds. The Kier molecular flexibility index (Phi) is 57.3. The van der Waals surface area contributed by atoms with Crippen molar-refractivity contribution in [3.05, 3.63) is 85.1 Å². The highest BCUT2D eigenvalue weighted by atomic mass is 16.6. The van der Waals surface area contributed by atoms with Gasteiger partial charge in [-0.05, 0) is 116 Å². The molecule has 0 spiro atoms. The molecule has 1 unspecified atom stereocenters. The molecule has 0 aromatic rings. The Hall–Kier alpha value is -3.41. The van der Waals surface area contributed by atoms with Crippen LogP contribution < -0.4 is 0 Å². The molecule has 0 saturated heterocycles.